The van der Waals surface area contributed by atoms with E-state index in [1.165, 1.54) is 0 Å². The second kappa shape index (κ2) is 4.53. The number of aromatic nitrogens is 3. The van der Waals surface area contributed by atoms with Gasteiger partial charge in [-0.05, 0) is 19.1 Å². The molecule has 0 unspecified atom stereocenters. The third-order valence-corrected chi connectivity index (χ3v) is 2.88. The second-order valence-electron chi connectivity index (χ2n) is 3.58. The van der Waals surface area contributed by atoms with Gasteiger partial charge in [0.15, 0.2) is 0 Å². The fourth-order valence-corrected chi connectivity index (χ4v) is 1.76. The van der Waals surface area contributed by atoms with E-state index in [0.717, 1.165) is 29.1 Å². The molecule has 16 heavy (non-hydrogen) atoms. The van der Waals surface area contributed by atoms with Crippen LogP contribution in [-0.2, 0) is 6.42 Å². The molecule has 0 aliphatic heterocycles. The molecule has 2 heterocycles. The molecule has 1 N–H and O–H groups in total. The number of nitrogens with zero attached hydrogens (tertiary/aromatic N) is 2. The summed E-state index contributed by atoms with van der Waals surface area (Å²) in [7, 11) is 0. The molecule has 0 bridgehead atoms. The molecule has 0 radical (unpaired) electrons. The lowest BCUT2D eigenvalue weighted by Gasteiger charge is -2.08. The zero-order valence-electron chi connectivity index (χ0n) is 9.32. The molecule has 0 atom stereocenters. The first-order valence-electron chi connectivity index (χ1n) is 5.22. The van der Waals surface area contributed by atoms with Crippen molar-refractivity contribution in [2.75, 3.05) is 0 Å². The minimum Gasteiger partial charge on any atom is -0.343 e. The Kier molecular flexibility index (Phi) is 3.10. The molecule has 2 rings (SSSR count). The molecular weight excluding hydrogens is 218 g/mol. The van der Waals surface area contributed by atoms with Crippen LogP contribution >= 0.6 is 12.2 Å². The Balaban J connectivity index is 2.65. The Morgan fingerprint density at radius 2 is 2.25 bits per heavy atom. The van der Waals surface area contributed by atoms with E-state index in [9.17, 15) is 0 Å². The number of aromatic amines is 1. The smallest absolute Gasteiger partial charge is 0.133 e. The van der Waals surface area contributed by atoms with Crippen LogP contribution in [-0.4, -0.2) is 15.0 Å². The van der Waals surface area contributed by atoms with Gasteiger partial charge in [-0.3, -0.25) is 4.98 Å². The number of rotatable bonds is 2. The first kappa shape index (κ1) is 11.0. The molecule has 0 amide bonds. The minimum absolute atomic E-state index is 0.662. The molecule has 0 aliphatic carbocycles. The summed E-state index contributed by atoms with van der Waals surface area (Å²) in [6.45, 7) is 4.03. The lowest BCUT2D eigenvalue weighted by molar-refractivity contribution is 0.925. The maximum absolute atomic E-state index is 5.24. The summed E-state index contributed by atoms with van der Waals surface area (Å²) >= 11 is 5.24. The van der Waals surface area contributed by atoms with Crippen LogP contribution in [0.4, 0.5) is 0 Å². The maximum atomic E-state index is 5.24. The summed E-state index contributed by atoms with van der Waals surface area (Å²) < 4.78 is 0.662. The van der Waals surface area contributed by atoms with Crippen molar-refractivity contribution in [2.45, 2.75) is 20.3 Å². The predicted molar refractivity (Wildman–Crippen MR) is 66.8 cm³/mol. The number of nitrogens with one attached hydrogen (secondary N) is 1. The molecule has 0 aromatic carbocycles. The lowest BCUT2D eigenvalue weighted by atomic mass is 10.1. The summed E-state index contributed by atoms with van der Waals surface area (Å²) in [4.78, 5) is 11.7. The van der Waals surface area contributed by atoms with Crippen LogP contribution in [0.2, 0.25) is 0 Å². The van der Waals surface area contributed by atoms with E-state index in [-0.39, 0.29) is 0 Å². The topological polar surface area (TPSA) is 41.6 Å². The van der Waals surface area contributed by atoms with E-state index in [1.54, 1.807) is 6.20 Å². The van der Waals surface area contributed by atoms with Crippen LogP contribution in [0.15, 0.2) is 24.5 Å². The van der Waals surface area contributed by atoms with Crippen LogP contribution in [0.3, 0.4) is 0 Å². The third kappa shape index (κ3) is 2.02. The van der Waals surface area contributed by atoms with Crippen molar-refractivity contribution in [3.05, 3.63) is 40.6 Å². The van der Waals surface area contributed by atoms with Gasteiger partial charge in [0.25, 0.3) is 0 Å². The molecule has 2 aromatic heterocycles. The minimum atomic E-state index is 0.662. The van der Waals surface area contributed by atoms with Crippen molar-refractivity contribution in [1.29, 1.82) is 0 Å². The highest BCUT2D eigenvalue weighted by atomic mass is 32.1. The highest BCUT2D eigenvalue weighted by Gasteiger charge is 2.06. The second-order valence-corrected chi connectivity index (χ2v) is 3.97. The van der Waals surface area contributed by atoms with Crippen molar-refractivity contribution in [3.8, 4) is 11.3 Å². The van der Waals surface area contributed by atoms with Gasteiger partial charge >= 0.3 is 0 Å². The van der Waals surface area contributed by atoms with Crippen LogP contribution in [0, 0.1) is 11.6 Å². The van der Waals surface area contributed by atoms with E-state index < -0.39 is 0 Å². The van der Waals surface area contributed by atoms with Gasteiger partial charge in [0.2, 0.25) is 0 Å². The van der Waals surface area contributed by atoms with E-state index >= 15 is 0 Å². The van der Waals surface area contributed by atoms with Crippen LogP contribution in [0.25, 0.3) is 11.3 Å². The summed E-state index contributed by atoms with van der Waals surface area (Å²) in [5.74, 6) is 0.912. The van der Waals surface area contributed by atoms with Crippen molar-refractivity contribution in [2.24, 2.45) is 0 Å². The van der Waals surface area contributed by atoms with Gasteiger partial charge in [-0.2, -0.15) is 0 Å². The van der Waals surface area contributed by atoms with Crippen LogP contribution in [0.1, 0.15) is 18.3 Å². The number of aryl methyl sites for hydroxylation is 1. The molecule has 0 spiro atoms. The number of pyridine rings is 1. The van der Waals surface area contributed by atoms with Gasteiger partial charge < -0.3 is 4.98 Å². The quantitative estimate of drug-likeness (QED) is 0.808. The van der Waals surface area contributed by atoms with Gasteiger partial charge in [0.05, 0.1) is 5.69 Å². The lowest BCUT2D eigenvalue weighted by Crippen LogP contribution is -1.99. The molecule has 0 fully saturated rings. The van der Waals surface area contributed by atoms with Gasteiger partial charge in [0.1, 0.15) is 10.5 Å². The summed E-state index contributed by atoms with van der Waals surface area (Å²) in [6.07, 6.45) is 4.43. The van der Waals surface area contributed by atoms with E-state index in [1.807, 2.05) is 25.3 Å². The standard InChI is InChI=1S/C12H13N3S/c1-3-10-14-11(8(2)12(16)15-10)9-5-4-6-13-7-9/h4-7H,3H2,1-2H3,(H,14,15,16). The maximum Gasteiger partial charge on any atom is 0.133 e. The largest absolute Gasteiger partial charge is 0.343 e. The molecular formula is C12H13N3S. The average molecular weight is 231 g/mol. The van der Waals surface area contributed by atoms with Crippen molar-refractivity contribution in [3.63, 3.8) is 0 Å². The SMILES string of the molecule is CCc1nc(=S)c(C)c(-c2cccnc2)[nH]1. The summed E-state index contributed by atoms with van der Waals surface area (Å²) in [5.41, 5.74) is 3.06. The van der Waals surface area contributed by atoms with Gasteiger partial charge in [-0.15, -0.1) is 0 Å². The monoisotopic (exact) mass is 231 g/mol. The van der Waals surface area contributed by atoms with Crippen molar-refractivity contribution >= 4 is 12.2 Å². The summed E-state index contributed by atoms with van der Waals surface area (Å²) in [5, 5.41) is 0. The fraction of sp³-hybridized carbons (Fsp3) is 0.250. The van der Waals surface area contributed by atoms with E-state index in [0.29, 0.717) is 4.64 Å². The summed E-state index contributed by atoms with van der Waals surface area (Å²) in [6, 6.07) is 3.93. The molecule has 2 aromatic rings. The number of H-pyrrole nitrogens is 1. The van der Waals surface area contributed by atoms with Gasteiger partial charge in [0, 0.05) is 29.9 Å². The highest BCUT2D eigenvalue weighted by Crippen LogP contribution is 2.20. The van der Waals surface area contributed by atoms with Crippen LogP contribution in [0.5, 0.6) is 0 Å². The number of hydrogen-bond acceptors (Lipinski definition) is 3. The Morgan fingerprint density at radius 1 is 1.44 bits per heavy atom. The van der Waals surface area contributed by atoms with E-state index in [4.69, 9.17) is 12.2 Å². The molecule has 4 heteroatoms. The van der Waals surface area contributed by atoms with Gasteiger partial charge in [-0.25, -0.2) is 4.98 Å². The first-order valence-corrected chi connectivity index (χ1v) is 5.63. The predicted octanol–water partition coefficient (Wildman–Crippen LogP) is 3.07. The van der Waals surface area contributed by atoms with Crippen molar-refractivity contribution < 1.29 is 0 Å². The molecule has 0 saturated carbocycles. The molecule has 3 nitrogen and oxygen atoms in total. The van der Waals surface area contributed by atoms with Crippen LogP contribution < -0.4 is 0 Å². The first-order chi connectivity index (χ1) is 7.72. The Morgan fingerprint density at radius 3 is 2.88 bits per heavy atom. The Hall–Kier alpha value is -1.55. The normalized spacial score (nSPS) is 10.4. The molecule has 82 valence electrons. The zero-order chi connectivity index (χ0) is 11.5. The Bertz CT molecular complexity index is 546. The molecule has 0 saturated heterocycles. The highest BCUT2D eigenvalue weighted by molar-refractivity contribution is 7.71. The number of hydrogen-bond donors (Lipinski definition) is 1. The average Bonchev–Trinajstić information content (AvgIpc) is 2.33. The van der Waals surface area contributed by atoms with E-state index in [2.05, 4.69) is 21.9 Å². The van der Waals surface area contributed by atoms with Crippen molar-refractivity contribution in [1.82, 2.24) is 15.0 Å². The molecule has 0 aliphatic rings. The Labute approximate surface area is 99.6 Å². The third-order valence-electron chi connectivity index (χ3n) is 2.49. The zero-order valence-corrected chi connectivity index (χ0v) is 10.1. The fourth-order valence-electron chi connectivity index (χ4n) is 1.55. The van der Waals surface area contributed by atoms with Gasteiger partial charge in [-0.1, -0.05) is 19.1 Å².